The van der Waals surface area contributed by atoms with E-state index in [2.05, 4.69) is 10.3 Å². The molecule has 1 N–H and O–H groups in total. The molecule has 5 nitrogen and oxygen atoms in total. The van der Waals surface area contributed by atoms with Crippen molar-refractivity contribution in [1.82, 2.24) is 14.9 Å². The van der Waals surface area contributed by atoms with Gasteiger partial charge in [-0.05, 0) is 29.8 Å². The fourth-order valence-corrected chi connectivity index (χ4v) is 4.05. The molecular weight excluding hydrogens is 413 g/mol. The molecule has 0 saturated heterocycles. The Morgan fingerprint density at radius 2 is 1.93 bits per heavy atom. The molecule has 146 valence electrons. The monoisotopic (exact) mass is 427 g/mol. The molecule has 0 aliphatic carbocycles. The molecule has 2 aromatic heterocycles. The van der Waals surface area contributed by atoms with Gasteiger partial charge in [-0.25, -0.2) is 9.37 Å². The Labute approximate surface area is 174 Å². The Balaban J connectivity index is 1.53. The fraction of sp³-hybridized carbons (Fsp3) is 0.0952. The average Bonchev–Trinajstić information content (AvgIpc) is 3.15. The van der Waals surface area contributed by atoms with Crippen LogP contribution in [-0.4, -0.2) is 15.5 Å². The number of fused-ring (bicyclic) bond motifs is 1. The Hall–Kier alpha value is -3.03. The van der Waals surface area contributed by atoms with E-state index in [0.717, 1.165) is 10.4 Å². The lowest BCUT2D eigenvalue weighted by molar-refractivity contribution is -0.121. The minimum Gasteiger partial charge on any atom is -0.350 e. The van der Waals surface area contributed by atoms with Crippen LogP contribution < -0.4 is 10.9 Å². The highest BCUT2D eigenvalue weighted by Crippen LogP contribution is 2.31. The number of halogens is 2. The van der Waals surface area contributed by atoms with E-state index in [9.17, 15) is 14.0 Å². The number of aromatic nitrogens is 2. The first-order valence-electron chi connectivity index (χ1n) is 8.76. The van der Waals surface area contributed by atoms with Crippen molar-refractivity contribution in [2.24, 2.45) is 0 Å². The van der Waals surface area contributed by atoms with Crippen molar-refractivity contribution in [1.29, 1.82) is 0 Å². The molecule has 2 aromatic carbocycles. The molecule has 8 heteroatoms. The first-order valence-corrected chi connectivity index (χ1v) is 9.96. The number of nitrogens with zero attached hydrogens (tertiary/aromatic N) is 2. The Bertz CT molecular complexity index is 1250. The molecule has 0 aliphatic rings. The minimum absolute atomic E-state index is 0.0512. The van der Waals surface area contributed by atoms with Gasteiger partial charge in [0.2, 0.25) is 5.91 Å². The molecule has 0 atom stereocenters. The van der Waals surface area contributed by atoms with E-state index in [1.54, 1.807) is 30.3 Å². The maximum atomic E-state index is 13.6. The summed E-state index contributed by atoms with van der Waals surface area (Å²) in [6.07, 6.45) is 1.35. The topological polar surface area (TPSA) is 64.0 Å². The third kappa shape index (κ3) is 4.21. The predicted octanol–water partition coefficient (Wildman–Crippen LogP) is 4.23. The van der Waals surface area contributed by atoms with Gasteiger partial charge < -0.3 is 5.32 Å². The third-order valence-electron chi connectivity index (χ3n) is 4.38. The van der Waals surface area contributed by atoms with Crippen LogP contribution in [0.5, 0.6) is 0 Å². The second-order valence-electron chi connectivity index (χ2n) is 6.38. The van der Waals surface area contributed by atoms with Crippen molar-refractivity contribution in [2.75, 3.05) is 0 Å². The summed E-state index contributed by atoms with van der Waals surface area (Å²) in [6.45, 7) is -0.139. The van der Waals surface area contributed by atoms with Gasteiger partial charge in [-0.3, -0.25) is 14.2 Å². The zero-order valence-electron chi connectivity index (χ0n) is 15.1. The molecule has 2 heterocycles. The van der Waals surface area contributed by atoms with E-state index >= 15 is 0 Å². The smallest absolute Gasteiger partial charge is 0.271 e. The van der Waals surface area contributed by atoms with Gasteiger partial charge in [0.25, 0.3) is 5.56 Å². The Morgan fingerprint density at radius 1 is 1.17 bits per heavy atom. The molecule has 4 aromatic rings. The first kappa shape index (κ1) is 19.3. The molecule has 29 heavy (non-hydrogen) atoms. The number of nitrogens with one attached hydrogen (secondary N) is 1. The molecule has 4 rings (SSSR count). The van der Waals surface area contributed by atoms with Gasteiger partial charge >= 0.3 is 0 Å². The van der Waals surface area contributed by atoms with E-state index < -0.39 is 5.91 Å². The summed E-state index contributed by atoms with van der Waals surface area (Å²) < 4.78 is 15.4. The van der Waals surface area contributed by atoms with E-state index in [0.29, 0.717) is 20.8 Å². The molecule has 0 bridgehead atoms. The van der Waals surface area contributed by atoms with Crippen LogP contribution in [0.4, 0.5) is 4.39 Å². The zero-order valence-corrected chi connectivity index (χ0v) is 16.6. The van der Waals surface area contributed by atoms with Crippen molar-refractivity contribution in [3.05, 3.63) is 87.7 Å². The molecule has 0 fully saturated rings. The SMILES string of the molecule is O=C(Cn1cnc2cc(-c3ccc(Cl)cc3)sc2c1=O)NCc1ccccc1F. The van der Waals surface area contributed by atoms with Gasteiger partial charge in [0.15, 0.2) is 0 Å². The molecule has 0 radical (unpaired) electrons. The molecule has 0 unspecified atom stereocenters. The number of amides is 1. The summed E-state index contributed by atoms with van der Waals surface area (Å²) in [5.41, 5.74) is 1.60. The maximum Gasteiger partial charge on any atom is 0.271 e. The molecule has 0 aliphatic heterocycles. The van der Waals surface area contributed by atoms with Crippen LogP contribution >= 0.6 is 22.9 Å². The summed E-state index contributed by atoms with van der Waals surface area (Å²) in [5.74, 6) is -0.785. The van der Waals surface area contributed by atoms with Gasteiger partial charge in [0.1, 0.15) is 17.1 Å². The number of hydrogen-bond donors (Lipinski definition) is 1. The highest BCUT2D eigenvalue weighted by Gasteiger charge is 2.13. The maximum absolute atomic E-state index is 13.6. The van der Waals surface area contributed by atoms with Crippen molar-refractivity contribution in [3.63, 3.8) is 0 Å². The van der Waals surface area contributed by atoms with Crippen molar-refractivity contribution < 1.29 is 9.18 Å². The van der Waals surface area contributed by atoms with Crippen LogP contribution in [0.2, 0.25) is 5.02 Å². The number of carbonyl (C=O) groups is 1. The van der Waals surface area contributed by atoms with Crippen molar-refractivity contribution in [3.8, 4) is 10.4 Å². The van der Waals surface area contributed by atoms with Gasteiger partial charge in [-0.15, -0.1) is 11.3 Å². The van der Waals surface area contributed by atoms with Gasteiger partial charge in [-0.1, -0.05) is 41.9 Å². The summed E-state index contributed by atoms with van der Waals surface area (Å²) in [4.78, 5) is 30.2. The number of hydrogen-bond acceptors (Lipinski definition) is 4. The average molecular weight is 428 g/mol. The van der Waals surface area contributed by atoms with Crippen molar-refractivity contribution >= 4 is 39.1 Å². The Kier molecular flexibility index (Phi) is 5.42. The van der Waals surface area contributed by atoms with Gasteiger partial charge in [-0.2, -0.15) is 0 Å². The largest absolute Gasteiger partial charge is 0.350 e. The van der Waals surface area contributed by atoms with Crippen LogP contribution in [0.3, 0.4) is 0 Å². The zero-order chi connectivity index (χ0) is 20.4. The highest BCUT2D eigenvalue weighted by atomic mass is 35.5. The lowest BCUT2D eigenvalue weighted by Crippen LogP contribution is -2.32. The predicted molar refractivity (Wildman–Crippen MR) is 113 cm³/mol. The fourth-order valence-electron chi connectivity index (χ4n) is 2.86. The van der Waals surface area contributed by atoms with E-state index in [1.807, 2.05) is 18.2 Å². The van der Waals surface area contributed by atoms with Crippen LogP contribution in [0, 0.1) is 5.82 Å². The van der Waals surface area contributed by atoms with Crippen LogP contribution in [-0.2, 0) is 17.9 Å². The minimum atomic E-state index is -0.397. The van der Waals surface area contributed by atoms with Crippen LogP contribution in [0.15, 0.2) is 65.7 Å². The second-order valence-corrected chi connectivity index (χ2v) is 7.87. The van der Waals surface area contributed by atoms with E-state index in [-0.39, 0.29) is 24.5 Å². The highest BCUT2D eigenvalue weighted by molar-refractivity contribution is 7.22. The quantitative estimate of drug-likeness (QED) is 0.518. The van der Waals surface area contributed by atoms with E-state index in [4.69, 9.17) is 11.6 Å². The molecular formula is C21H15ClFN3O2S. The van der Waals surface area contributed by atoms with Crippen LogP contribution in [0.25, 0.3) is 20.7 Å². The summed E-state index contributed by atoms with van der Waals surface area (Å²) in [7, 11) is 0. The first-order chi connectivity index (χ1) is 14.0. The number of benzene rings is 2. The Morgan fingerprint density at radius 3 is 2.69 bits per heavy atom. The summed E-state index contributed by atoms with van der Waals surface area (Å²) >= 11 is 7.24. The number of carbonyl (C=O) groups excluding carboxylic acids is 1. The van der Waals surface area contributed by atoms with Crippen molar-refractivity contribution in [2.45, 2.75) is 13.1 Å². The summed E-state index contributed by atoms with van der Waals surface area (Å²) in [6, 6.07) is 15.4. The normalized spacial score (nSPS) is 11.0. The number of rotatable bonds is 5. The number of thiophene rings is 1. The molecule has 0 spiro atoms. The molecule has 0 saturated carbocycles. The molecule has 1 amide bonds. The lowest BCUT2D eigenvalue weighted by Gasteiger charge is -2.07. The second kappa shape index (κ2) is 8.14. The van der Waals surface area contributed by atoms with Gasteiger partial charge in [0.05, 0.1) is 11.8 Å². The third-order valence-corrected chi connectivity index (χ3v) is 5.79. The standard InChI is InChI=1S/C21H15ClFN3O2S/c22-15-7-5-13(6-8-15)18-9-17-20(29-18)21(28)26(12-25-17)11-19(27)24-10-14-3-1-2-4-16(14)23/h1-9,12H,10-11H2,(H,24,27). The lowest BCUT2D eigenvalue weighted by atomic mass is 10.2. The van der Waals surface area contributed by atoms with Crippen LogP contribution in [0.1, 0.15) is 5.56 Å². The van der Waals surface area contributed by atoms with Gasteiger partial charge in [0, 0.05) is 22.0 Å². The van der Waals surface area contributed by atoms with E-state index in [1.165, 1.54) is 28.3 Å². The summed E-state index contributed by atoms with van der Waals surface area (Å²) in [5, 5.41) is 3.26.